The highest BCUT2D eigenvalue weighted by molar-refractivity contribution is 7.09. The molecule has 0 spiro atoms. The van der Waals surface area contributed by atoms with E-state index in [4.69, 9.17) is 4.74 Å². The summed E-state index contributed by atoms with van der Waals surface area (Å²) in [5, 5.41) is 5.23. The Bertz CT molecular complexity index is 615. The van der Waals surface area contributed by atoms with Gasteiger partial charge in [-0.25, -0.2) is 9.37 Å². The highest BCUT2D eigenvalue weighted by Gasteiger charge is 2.12. The van der Waals surface area contributed by atoms with Crippen LogP contribution in [0.4, 0.5) is 4.39 Å². The molecule has 0 radical (unpaired) electrons. The van der Waals surface area contributed by atoms with E-state index in [1.54, 1.807) is 17.5 Å². The number of nitrogens with one attached hydrogen (secondary N) is 1. The maximum atomic E-state index is 13.0. The topological polar surface area (TPSA) is 51.2 Å². The third-order valence-electron chi connectivity index (χ3n) is 2.93. The predicted molar refractivity (Wildman–Crippen MR) is 80.1 cm³/mol. The van der Waals surface area contributed by atoms with E-state index in [0.29, 0.717) is 16.5 Å². The van der Waals surface area contributed by atoms with Crippen LogP contribution in [0.15, 0.2) is 29.6 Å². The van der Waals surface area contributed by atoms with E-state index in [-0.39, 0.29) is 24.4 Å². The van der Waals surface area contributed by atoms with E-state index in [9.17, 15) is 9.18 Å². The van der Waals surface area contributed by atoms with Gasteiger partial charge in [0.05, 0.1) is 0 Å². The van der Waals surface area contributed by atoms with E-state index < -0.39 is 0 Å². The van der Waals surface area contributed by atoms with Gasteiger partial charge in [-0.3, -0.25) is 4.79 Å². The number of rotatable bonds is 6. The Morgan fingerprint density at radius 3 is 3.05 bits per heavy atom. The molecule has 1 N–H and O–H groups in total. The molecule has 0 aliphatic carbocycles. The molecule has 0 unspecified atom stereocenters. The van der Waals surface area contributed by atoms with Gasteiger partial charge in [0.1, 0.15) is 28.9 Å². The van der Waals surface area contributed by atoms with Crippen molar-refractivity contribution in [2.45, 2.75) is 32.9 Å². The van der Waals surface area contributed by atoms with Gasteiger partial charge < -0.3 is 10.1 Å². The van der Waals surface area contributed by atoms with Crippen molar-refractivity contribution < 1.29 is 13.9 Å². The Morgan fingerprint density at radius 1 is 1.52 bits per heavy atom. The van der Waals surface area contributed by atoms with Crippen molar-refractivity contribution in [1.29, 1.82) is 0 Å². The van der Waals surface area contributed by atoms with Gasteiger partial charge >= 0.3 is 0 Å². The lowest BCUT2D eigenvalue weighted by molar-refractivity contribution is 0.0934. The first-order valence-electron chi connectivity index (χ1n) is 6.72. The lowest BCUT2D eigenvalue weighted by atomic mass is 10.2. The smallest absolute Gasteiger partial charge is 0.270 e. The molecule has 2 rings (SSSR count). The Kier molecular flexibility index (Phi) is 5.27. The number of carbonyl (C=O) groups excluding carboxylic acids is 1. The third kappa shape index (κ3) is 4.53. The number of hydrogen-bond acceptors (Lipinski definition) is 4. The van der Waals surface area contributed by atoms with E-state index in [0.717, 1.165) is 6.42 Å². The van der Waals surface area contributed by atoms with Crippen molar-refractivity contribution in [2.75, 3.05) is 0 Å². The summed E-state index contributed by atoms with van der Waals surface area (Å²) in [5.41, 5.74) is 0.387. The molecule has 0 saturated carbocycles. The van der Waals surface area contributed by atoms with Crippen LogP contribution in [0.25, 0.3) is 0 Å². The Labute approximate surface area is 127 Å². The molecule has 21 heavy (non-hydrogen) atoms. The van der Waals surface area contributed by atoms with Gasteiger partial charge in [0.25, 0.3) is 5.91 Å². The molecule has 0 saturated heterocycles. The van der Waals surface area contributed by atoms with Crippen LogP contribution in [-0.4, -0.2) is 16.9 Å². The quantitative estimate of drug-likeness (QED) is 0.890. The zero-order chi connectivity index (χ0) is 15.2. The van der Waals surface area contributed by atoms with Crippen molar-refractivity contribution in [3.8, 4) is 5.75 Å². The number of benzene rings is 1. The molecular weight excluding hydrogens is 291 g/mol. The fourth-order valence-corrected chi connectivity index (χ4v) is 2.27. The standard InChI is InChI=1S/C15H17FN2O2S/c1-3-10(2)17-15(19)13-9-21-14(18-13)8-20-12-6-4-5-11(16)7-12/h4-7,9-10H,3,8H2,1-2H3,(H,17,19)/t10-/m0/s1. The second-order valence-electron chi connectivity index (χ2n) is 4.66. The summed E-state index contributed by atoms with van der Waals surface area (Å²) in [6.07, 6.45) is 0.866. The van der Waals surface area contributed by atoms with Gasteiger partial charge in [0, 0.05) is 17.5 Å². The number of thiazole rings is 1. The van der Waals surface area contributed by atoms with Gasteiger partial charge in [-0.1, -0.05) is 13.0 Å². The third-order valence-corrected chi connectivity index (χ3v) is 3.75. The maximum Gasteiger partial charge on any atom is 0.270 e. The minimum atomic E-state index is -0.347. The van der Waals surface area contributed by atoms with E-state index in [1.165, 1.54) is 23.5 Å². The minimum Gasteiger partial charge on any atom is -0.486 e. The number of carbonyl (C=O) groups is 1. The van der Waals surface area contributed by atoms with Crippen LogP contribution in [0.3, 0.4) is 0 Å². The summed E-state index contributed by atoms with van der Waals surface area (Å²) < 4.78 is 18.5. The average molecular weight is 308 g/mol. The van der Waals surface area contributed by atoms with Gasteiger partial charge in [-0.05, 0) is 25.5 Å². The molecule has 112 valence electrons. The number of amides is 1. The van der Waals surface area contributed by atoms with Gasteiger partial charge in [-0.15, -0.1) is 11.3 Å². The van der Waals surface area contributed by atoms with Crippen molar-refractivity contribution in [3.63, 3.8) is 0 Å². The molecule has 1 heterocycles. The van der Waals surface area contributed by atoms with Crippen molar-refractivity contribution >= 4 is 17.2 Å². The Morgan fingerprint density at radius 2 is 2.33 bits per heavy atom. The molecule has 1 amide bonds. The van der Waals surface area contributed by atoms with E-state index in [1.807, 2.05) is 13.8 Å². The predicted octanol–water partition coefficient (Wildman–Crippen LogP) is 3.39. The molecule has 0 aliphatic rings. The molecule has 1 aromatic heterocycles. The Hall–Kier alpha value is -1.95. The highest BCUT2D eigenvalue weighted by atomic mass is 32.1. The fraction of sp³-hybridized carbons (Fsp3) is 0.333. The largest absolute Gasteiger partial charge is 0.486 e. The van der Waals surface area contributed by atoms with Crippen LogP contribution in [0.2, 0.25) is 0 Å². The number of aromatic nitrogens is 1. The molecule has 1 aromatic carbocycles. The number of nitrogens with zero attached hydrogens (tertiary/aromatic N) is 1. The lowest BCUT2D eigenvalue weighted by Crippen LogP contribution is -2.32. The monoisotopic (exact) mass is 308 g/mol. The molecule has 0 fully saturated rings. The normalized spacial score (nSPS) is 12.0. The van der Waals surface area contributed by atoms with E-state index >= 15 is 0 Å². The lowest BCUT2D eigenvalue weighted by Gasteiger charge is -2.09. The molecule has 0 bridgehead atoms. The van der Waals surface area contributed by atoms with Crippen LogP contribution < -0.4 is 10.1 Å². The summed E-state index contributed by atoms with van der Waals surface area (Å²) in [4.78, 5) is 16.1. The molecule has 2 aromatic rings. The van der Waals surface area contributed by atoms with Crippen molar-refractivity contribution in [3.05, 3.63) is 46.2 Å². The molecule has 1 atom stereocenters. The van der Waals surface area contributed by atoms with Crippen molar-refractivity contribution in [1.82, 2.24) is 10.3 Å². The molecule has 0 aliphatic heterocycles. The number of halogens is 1. The van der Waals surface area contributed by atoms with Crippen LogP contribution in [0.5, 0.6) is 5.75 Å². The van der Waals surface area contributed by atoms with Crippen LogP contribution in [-0.2, 0) is 6.61 Å². The Balaban J connectivity index is 1.92. The first-order valence-corrected chi connectivity index (χ1v) is 7.60. The summed E-state index contributed by atoms with van der Waals surface area (Å²) >= 11 is 1.35. The van der Waals surface area contributed by atoms with Crippen LogP contribution in [0.1, 0.15) is 35.8 Å². The van der Waals surface area contributed by atoms with Gasteiger partial charge in [0.15, 0.2) is 0 Å². The first kappa shape index (κ1) is 15.4. The molecular formula is C15H17FN2O2S. The maximum absolute atomic E-state index is 13.0. The second-order valence-corrected chi connectivity index (χ2v) is 5.60. The van der Waals surface area contributed by atoms with Gasteiger partial charge in [-0.2, -0.15) is 0 Å². The molecule has 6 heteroatoms. The second kappa shape index (κ2) is 7.17. The number of ether oxygens (including phenoxy) is 1. The average Bonchev–Trinajstić information content (AvgIpc) is 2.94. The summed E-state index contributed by atoms with van der Waals surface area (Å²) in [6, 6.07) is 6.04. The van der Waals surface area contributed by atoms with Gasteiger partial charge in [0.2, 0.25) is 0 Å². The zero-order valence-corrected chi connectivity index (χ0v) is 12.7. The highest BCUT2D eigenvalue weighted by Crippen LogP contribution is 2.16. The summed E-state index contributed by atoms with van der Waals surface area (Å²) in [7, 11) is 0. The SMILES string of the molecule is CC[C@H](C)NC(=O)c1csc(COc2cccc(F)c2)n1. The minimum absolute atomic E-state index is 0.117. The summed E-state index contributed by atoms with van der Waals surface area (Å²) in [6.45, 7) is 4.16. The van der Waals surface area contributed by atoms with Crippen molar-refractivity contribution in [2.24, 2.45) is 0 Å². The van der Waals surface area contributed by atoms with Crippen LogP contribution >= 0.6 is 11.3 Å². The van der Waals surface area contributed by atoms with Crippen LogP contribution in [0, 0.1) is 5.82 Å². The fourth-order valence-electron chi connectivity index (χ4n) is 1.58. The number of hydrogen-bond donors (Lipinski definition) is 1. The first-order chi connectivity index (χ1) is 10.1. The van der Waals surface area contributed by atoms with E-state index in [2.05, 4.69) is 10.3 Å². The molecule has 4 nitrogen and oxygen atoms in total. The summed E-state index contributed by atoms with van der Waals surface area (Å²) in [5.74, 6) is -0.0892. The zero-order valence-electron chi connectivity index (χ0n) is 11.9.